The molecule has 21 heavy (non-hydrogen) atoms. The number of hydrogen-bond acceptors (Lipinski definition) is 4. The van der Waals surface area contributed by atoms with Gasteiger partial charge in [0.05, 0.1) is 5.41 Å². The molecule has 7 heteroatoms. The Hall–Kier alpha value is -2.15. The largest absolute Gasteiger partial charge is 0.481 e. The summed E-state index contributed by atoms with van der Waals surface area (Å²) in [5, 5.41) is 11.9. The van der Waals surface area contributed by atoms with E-state index in [1.165, 1.54) is 12.3 Å². The summed E-state index contributed by atoms with van der Waals surface area (Å²) in [4.78, 5) is 38.0. The molecule has 0 unspecified atom stereocenters. The fourth-order valence-electron chi connectivity index (χ4n) is 2.32. The van der Waals surface area contributed by atoms with Crippen molar-refractivity contribution >= 4 is 11.9 Å². The quantitative estimate of drug-likeness (QED) is 0.740. The number of aryl methyl sites for hydroxylation is 1. The number of aliphatic carboxylic acids is 1. The number of hydrogen-bond donors (Lipinski definition) is 3. The van der Waals surface area contributed by atoms with Gasteiger partial charge in [0, 0.05) is 37.7 Å². The standard InChI is InChI=1S/C14H18N2O5/c1-9-6-11(17)10(7-15-9)12(18)16-8-14(13(19)20)2-4-21-5-3-14/h6-7H,2-5,8H2,1H3,(H,15,17)(H,16,18)(H,19,20). The molecule has 3 N–H and O–H groups in total. The van der Waals surface area contributed by atoms with Gasteiger partial charge in [0.25, 0.3) is 5.91 Å². The fourth-order valence-corrected chi connectivity index (χ4v) is 2.32. The Bertz CT molecular complexity index is 602. The molecule has 1 saturated heterocycles. The van der Waals surface area contributed by atoms with E-state index in [-0.39, 0.29) is 17.5 Å². The van der Waals surface area contributed by atoms with Crippen LogP contribution >= 0.6 is 0 Å². The highest BCUT2D eigenvalue weighted by Gasteiger charge is 2.40. The van der Waals surface area contributed by atoms with Crippen molar-refractivity contribution in [3.05, 3.63) is 33.7 Å². The summed E-state index contributed by atoms with van der Waals surface area (Å²) in [5.74, 6) is -1.52. The number of aromatic amines is 1. The maximum atomic E-state index is 12.0. The average Bonchev–Trinajstić information content (AvgIpc) is 2.45. The van der Waals surface area contributed by atoms with Gasteiger partial charge in [0.1, 0.15) is 5.56 Å². The summed E-state index contributed by atoms with van der Waals surface area (Å²) in [6, 6.07) is 1.33. The van der Waals surface area contributed by atoms with Gasteiger partial charge < -0.3 is 20.1 Å². The lowest BCUT2D eigenvalue weighted by molar-refractivity contribution is -0.154. The molecule has 0 aliphatic carbocycles. The number of amides is 1. The van der Waals surface area contributed by atoms with Crippen LogP contribution in [0.1, 0.15) is 28.9 Å². The minimum absolute atomic E-state index is 0.0160. The molecule has 0 saturated carbocycles. The second-order valence-electron chi connectivity index (χ2n) is 5.27. The number of carbonyl (C=O) groups excluding carboxylic acids is 1. The van der Waals surface area contributed by atoms with Crippen molar-refractivity contribution in [2.45, 2.75) is 19.8 Å². The van der Waals surface area contributed by atoms with Crippen LogP contribution < -0.4 is 10.7 Å². The van der Waals surface area contributed by atoms with E-state index in [1.807, 2.05) is 0 Å². The summed E-state index contributed by atoms with van der Waals surface area (Å²) in [7, 11) is 0. The SMILES string of the molecule is Cc1cc(=O)c(C(=O)NCC2(C(=O)O)CCOCC2)c[nH]1. The van der Waals surface area contributed by atoms with E-state index < -0.39 is 17.3 Å². The zero-order valence-corrected chi connectivity index (χ0v) is 11.8. The topological polar surface area (TPSA) is 108 Å². The van der Waals surface area contributed by atoms with Crippen LogP contribution in [0.3, 0.4) is 0 Å². The number of carbonyl (C=O) groups is 2. The van der Waals surface area contributed by atoms with Crippen molar-refractivity contribution in [2.75, 3.05) is 19.8 Å². The highest BCUT2D eigenvalue weighted by atomic mass is 16.5. The molecule has 1 aliphatic rings. The van der Waals surface area contributed by atoms with Crippen molar-refractivity contribution < 1.29 is 19.4 Å². The predicted octanol–water partition coefficient (Wildman–Crippen LogP) is 0.295. The van der Waals surface area contributed by atoms with E-state index in [9.17, 15) is 19.5 Å². The second kappa shape index (κ2) is 6.09. The minimum atomic E-state index is -1.02. The molecule has 0 bridgehead atoms. The lowest BCUT2D eigenvalue weighted by atomic mass is 9.80. The van der Waals surface area contributed by atoms with Gasteiger partial charge >= 0.3 is 5.97 Å². The van der Waals surface area contributed by atoms with E-state index in [1.54, 1.807) is 6.92 Å². The maximum Gasteiger partial charge on any atom is 0.311 e. The summed E-state index contributed by atoms with van der Waals surface area (Å²) < 4.78 is 5.17. The molecule has 1 amide bonds. The van der Waals surface area contributed by atoms with Crippen LogP contribution in [-0.4, -0.2) is 41.7 Å². The summed E-state index contributed by atoms with van der Waals surface area (Å²) in [6.45, 7) is 2.41. The fraction of sp³-hybridized carbons (Fsp3) is 0.500. The number of ether oxygens (including phenoxy) is 1. The highest BCUT2D eigenvalue weighted by Crippen LogP contribution is 2.30. The van der Waals surface area contributed by atoms with Crippen LogP contribution in [-0.2, 0) is 9.53 Å². The van der Waals surface area contributed by atoms with Crippen molar-refractivity contribution in [3.63, 3.8) is 0 Å². The van der Waals surface area contributed by atoms with Gasteiger partial charge in [-0.2, -0.15) is 0 Å². The molecule has 0 atom stereocenters. The van der Waals surface area contributed by atoms with Crippen LogP contribution in [0.4, 0.5) is 0 Å². The number of pyridine rings is 1. The van der Waals surface area contributed by atoms with Crippen molar-refractivity contribution in [1.82, 2.24) is 10.3 Å². The Morgan fingerprint density at radius 3 is 2.67 bits per heavy atom. The Morgan fingerprint density at radius 1 is 1.43 bits per heavy atom. The van der Waals surface area contributed by atoms with E-state index in [0.717, 1.165) is 0 Å². The monoisotopic (exact) mass is 294 g/mol. The first-order valence-corrected chi connectivity index (χ1v) is 6.73. The molecule has 0 aromatic carbocycles. The molecular weight excluding hydrogens is 276 g/mol. The zero-order valence-electron chi connectivity index (χ0n) is 11.8. The van der Waals surface area contributed by atoms with Gasteiger partial charge in [-0.1, -0.05) is 0 Å². The molecule has 1 aromatic heterocycles. The van der Waals surface area contributed by atoms with E-state index >= 15 is 0 Å². The zero-order chi connectivity index (χ0) is 15.5. The van der Waals surface area contributed by atoms with Crippen LogP contribution in [0.2, 0.25) is 0 Å². The molecular formula is C14H18N2O5. The smallest absolute Gasteiger partial charge is 0.311 e. The minimum Gasteiger partial charge on any atom is -0.481 e. The Morgan fingerprint density at radius 2 is 2.10 bits per heavy atom. The number of nitrogens with one attached hydrogen (secondary N) is 2. The molecule has 0 radical (unpaired) electrons. The Balaban J connectivity index is 2.08. The molecule has 7 nitrogen and oxygen atoms in total. The van der Waals surface area contributed by atoms with Gasteiger partial charge in [0.15, 0.2) is 5.43 Å². The van der Waals surface area contributed by atoms with Crippen LogP contribution in [0, 0.1) is 12.3 Å². The van der Waals surface area contributed by atoms with Crippen LogP contribution in [0.5, 0.6) is 0 Å². The van der Waals surface area contributed by atoms with Gasteiger partial charge in [-0.3, -0.25) is 14.4 Å². The molecule has 2 heterocycles. The third-order valence-corrected chi connectivity index (χ3v) is 3.79. The van der Waals surface area contributed by atoms with Crippen molar-refractivity contribution in [3.8, 4) is 0 Å². The molecule has 2 rings (SSSR count). The summed E-state index contributed by atoms with van der Waals surface area (Å²) in [6.07, 6.45) is 2.02. The first kappa shape index (κ1) is 15.2. The number of carboxylic acid groups (broad SMARTS) is 1. The van der Waals surface area contributed by atoms with Crippen LogP contribution in [0.15, 0.2) is 17.1 Å². The normalized spacial score (nSPS) is 17.2. The molecule has 1 aliphatic heterocycles. The average molecular weight is 294 g/mol. The van der Waals surface area contributed by atoms with Gasteiger partial charge in [-0.15, -0.1) is 0 Å². The number of carboxylic acids is 1. The van der Waals surface area contributed by atoms with E-state index in [4.69, 9.17) is 4.74 Å². The highest BCUT2D eigenvalue weighted by molar-refractivity contribution is 5.94. The predicted molar refractivity (Wildman–Crippen MR) is 74.3 cm³/mol. The van der Waals surface area contributed by atoms with Crippen LogP contribution in [0.25, 0.3) is 0 Å². The summed E-state index contributed by atoms with van der Waals surface area (Å²) >= 11 is 0. The third kappa shape index (κ3) is 3.30. The molecule has 0 spiro atoms. The molecule has 1 fully saturated rings. The molecule has 1 aromatic rings. The van der Waals surface area contributed by atoms with E-state index in [0.29, 0.717) is 31.7 Å². The number of aromatic nitrogens is 1. The third-order valence-electron chi connectivity index (χ3n) is 3.79. The van der Waals surface area contributed by atoms with E-state index in [2.05, 4.69) is 10.3 Å². The second-order valence-corrected chi connectivity index (χ2v) is 5.27. The summed E-state index contributed by atoms with van der Waals surface area (Å²) in [5.41, 5.74) is -0.776. The van der Waals surface area contributed by atoms with Gasteiger partial charge in [-0.25, -0.2) is 0 Å². The first-order chi connectivity index (χ1) is 9.94. The lowest BCUT2D eigenvalue weighted by Gasteiger charge is -2.33. The number of H-pyrrole nitrogens is 1. The van der Waals surface area contributed by atoms with Gasteiger partial charge in [0.2, 0.25) is 0 Å². The van der Waals surface area contributed by atoms with Gasteiger partial charge in [-0.05, 0) is 19.8 Å². The van der Waals surface area contributed by atoms with Crippen molar-refractivity contribution in [1.29, 1.82) is 0 Å². The Labute approximate surface area is 121 Å². The van der Waals surface area contributed by atoms with Crippen molar-refractivity contribution in [2.24, 2.45) is 5.41 Å². The number of rotatable bonds is 4. The maximum absolute atomic E-state index is 12.0. The molecule has 114 valence electrons. The Kier molecular flexibility index (Phi) is 4.42. The lowest BCUT2D eigenvalue weighted by Crippen LogP contribution is -2.47. The first-order valence-electron chi connectivity index (χ1n) is 6.73.